The van der Waals surface area contributed by atoms with Crippen molar-refractivity contribution in [3.63, 3.8) is 0 Å². The normalized spacial score (nSPS) is 17.8. The van der Waals surface area contributed by atoms with Gasteiger partial charge in [0.15, 0.2) is 0 Å². The molecule has 0 saturated heterocycles. The van der Waals surface area contributed by atoms with Crippen molar-refractivity contribution >= 4 is 17.5 Å². The average Bonchev–Trinajstić information content (AvgIpc) is 1.86. The lowest BCUT2D eigenvalue weighted by Gasteiger charge is -2.23. The molecule has 0 fully saturated rings. The van der Waals surface area contributed by atoms with Crippen molar-refractivity contribution in [3.8, 4) is 0 Å². The molecule has 1 rings (SSSR count). The molecule has 3 nitrogen and oxygen atoms in total. The Kier molecular flexibility index (Phi) is 2.09. The summed E-state index contributed by atoms with van der Waals surface area (Å²) in [5, 5.41) is 4.06. The van der Waals surface area contributed by atoms with Crippen LogP contribution in [-0.2, 0) is 0 Å². The molecule has 0 atom stereocenters. The van der Waals surface area contributed by atoms with Crippen LogP contribution in [0.25, 0.3) is 0 Å². The molecule has 0 aromatic heterocycles. The molecule has 0 aromatic carbocycles. The smallest absolute Gasteiger partial charge is 0.0692 e. The van der Waals surface area contributed by atoms with Crippen molar-refractivity contribution in [2.24, 2.45) is 10.5 Å². The van der Waals surface area contributed by atoms with E-state index < -0.39 is 0 Å². The Labute approximate surface area is 71.8 Å². The SMILES string of the molecule is CC(C)(C)C1=NNN(Cl)C=C1. The first-order valence-corrected chi connectivity index (χ1v) is 3.81. The number of halogens is 1. The zero-order chi connectivity index (χ0) is 8.48. The van der Waals surface area contributed by atoms with Crippen LogP contribution in [0.3, 0.4) is 0 Å². The third-order valence-corrected chi connectivity index (χ3v) is 1.59. The standard InChI is InChI=1S/C7H12ClN3/c1-7(2,3)6-4-5-11(8)10-9-6/h4-5,10H,1-3H3. The lowest BCUT2D eigenvalue weighted by molar-refractivity contribution is 0.437. The molecule has 1 aliphatic rings. The van der Waals surface area contributed by atoms with E-state index >= 15 is 0 Å². The van der Waals surface area contributed by atoms with Crippen LogP contribution in [0.15, 0.2) is 17.4 Å². The second-order valence-corrected chi connectivity index (χ2v) is 3.84. The van der Waals surface area contributed by atoms with E-state index in [0.29, 0.717) is 0 Å². The summed E-state index contributed by atoms with van der Waals surface area (Å²) in [6.45, 7) is 6.30. The Balaban J connectivity index is 2.71. The molecule has 11 heavy (non-hydrogen) atoms. The van der Waals surface area contributed by atoms with Gasteiger partial charge in [-0.3, -0.25) is 0 Å². The van der Waals surface area contributed by atoms with Gasteiger partial charge in [0.1, 0.15) is 0 Å². The highest BCUT2D eigenvalue weighted by Gasteiger charge is 2.18. The molecule has 1 heterocycles. The molecule has 0 aromatic rings. The third-order valence-electron chi connectivity index (χ3n) is 1.40. The van der Waals surface area contributed by atoms with Crippen molar-refractivity contribution in [2.75, 3.05) is 0 Å². The Morgan fingerprint density at radius 3 is 2.55 bits per heavy atom. The molecule has 0 bridgehead atoms. The summed E-state index contributed by atoms with van der Waals surface area (Å²) in [6, 6.07) is 0. The van der Waals surface area contributed by atoms with E-state index in [2.05, 4.69) is 31.4 Å². The van der Waals surface area contributed by atoms with Gasteiger partial charge in [-0.1, -0.05) is 20.8 Å². The van der Waals surface area contributed by atoms with Gasteiger partial charge in [0, 0.05) is 23.4 Å². The van der Waals surface area contributed by atoms with Crippen LogP contribution in [0.2, 0.25) is 0 Å². The molecule has 4 heteroatoms. The number of nitrogens with zero attached hydrogens (tertiary/aromatic N) is 2. The summed E-state index contributed by atoms with van der Waals surface area (Å²) in [5.74, 6) is 0. The van der Waals surface area contributed by atoms with E-state index in [1.807, 2.05) is 6.08 Å². The number of hydrogen-bond acceptors (Lipinski definition) is 3. The van der Waals surface area contributed by atoms with Crippen LogP contribution >= 0.6 is 11.8 Å². The highest BCUT2D eigenvalue weighted by molar-refractivity contribution is 6.14. The first-order valence-electron chi connectivity index (χ1n) is 3.47. The topological polar surface area (TPSA) is 27.6 Å². The molecule has 0 aliphatic carbocycles. The zero-order valence-corrected chi connectivity index (χ0v) is 7.68. The number of hydrazone groups is 1. The fourth-order valence-electron chi connectivity index (χ4n) is 0.726. The van der Waals surface area contributed by atoms with E-state index in [1.165, 1.54) is 4.53 Å². The maximum Gasteiger partial charge on any atom is 0.0692 e. The Hall–Kier alpha value is -0.700. The molecular weight excluding hydrogens is 162 g/mol. The van der Waals surface area contributed by atoms with E-state index in [9.17, 15) is 0 Å². The summed E-state index contributed by atoms with van der Waals surface area (Å²) in [7, 11) is 0. The summed E-state index contributed by atoms with van der Waals surface area (Å²) in [4.78, 5) is 0. The van der Waals surface area contributed by atoms with E-state index in [4.69, 9.17) is 11.8 Å². The van der Waals surface area contributed by atoms with Crippen LogP contribution in [0.5, 0.6) is 0 Å². The molecule has 1 N–H and O–H groups in total. The fraction of sp³-hybridized carbons (Fsp3) is 0.571. The molecular formula is C7H12ClN3. The Morgan fingerprint density at radius 1 is 1.55 bits per heavy atom. The van der Waals surface area contributed by atoms with E-state index in [-0.39, 0.29) is 5.41 Å². The predicted molar refractivity (Wildman–Crippen MR) is 46.9 cm³/mol. The summed E-state index contributed by atoms with van der Waals surface area (Å²) >= 11 is 5.56. The molecule has 1 aliphatic heterocycles. The van der Waals surface area contributed by atoms with Gasteiger partial charge >= 0.3 is 0 Å². The maximum absolute atomic E-state index is 5.56. The monoisotopic (exact) mass is 173 g/mol. The Morgan fingerprint density at radius 2 is 2.18 bits per heavy atom. The molecule has 0 saturated carbocycles. The van der Waals surface area contributed by atoms with Crippen molar-refractivity contribution in [2.45, 2.75) is 20.8 Å². The molecule has 0 amide bonds. The van der Waals surface area contributed by atoms with E-state index in [1.54, 1.807) is 6.20 Å². The first-order chi connectivity index (χ1) is 5.00. The van der Waals surface area contributed by atoms with Gasteiger partial charge in [0.05, 0.1) is 5.71 Å². The predicted octanol–water partition coefficient (Wildman–Crippen LogP) is 1.88. The Bertz CT molecular complexity index is 202. The van der Waals surface area contributed by atoms with Gasteiger partial charge in [-0.15, -0.1) is 0 Å². The second-order valence-electron chi connectivity index (χ2n) is 3.47. The summed E-state index contributed by atoms with van der Waals surface area (Å²) in [5.41, 5.74) is 3.70. The van der Waals surface area contributed by atoms with Crippen LogP contribution in [0, 0.1) is 5.41 Å². The minimum Gasteiger partial charge on any atom is -0.204 e. The average molecular weight is 174 g/mol. The molecule has 0 radical (unpaired) electrons. The largest absolute Gasteiger partial charge is 0.204 e. The lowest BCUT2D eigenvalue weighted by atomic mass is 9.90. The van der Waals surface area contributed by atoms with Gasteiger partial charge in [0.25, 0.3) is 0 Å². The third kappa shape index (κ3) is 2.12. The van der Waals surface area contributed by atoms with Crippen molar-refractivity contribution in [1.82, 2.24) is 10.1 Å². The molecule has 0 spiro atoms. The highest BCUT2D eigenvalue weighted by Crippen LogP contribution is 2.18. The molecule has 62 valence electrons. The second kappa shape index (κ2) is 2.74. The quantitative estimate of drug-likeness (QED) is 0.567. The van der Waals surface area contributed by atoms with Crippen LogP contribution < -0.4 is 5.53 Å². The highest BCUT2D eigenvalue weighted by atomic mass is 35.5. The number of allylic oxidation sites excluding steroid dienone is 1. The van der Waals surface area contributed by atoms with E-state index in [0.717, 1.165) is 5.71 Å². The number of rotatable bonds is 0. The van der Waals surface area contributed by atoms with Crippen LogP contribution in [-0.4, -0.2) is 10.2 Å². The van der Waals surface area contributed by atoms with Gasteiger partial charge in [-0.25, -0.2) is 5.53 Å². The van der Waals surface area contributed by atoms with Crippen LogP contribution in [0.4, 0.5) is 0 Å². The minimum absolute atomic E-state index is 0.0711. The van der Waals surface area contributed by atoms with Gasteiger partial charge < -0.3 is 0 Å². The van der Waals surface area contributed by atoms with Gasteiger partial charge in [0.2, 0.25) is 0 Å². The van der Waals surface area contributed by atoms with Crippen molar-refractivity contribution in [3.05, 3.63) is 12.3 Å². The van der Waals surface area contributed by atoms with Crippen molar-refractivity contribution in [1.29, 1.82) is 0 Å². The van der Waals surface area contributed by atoms with Crippen LogP contribution in [0.1, 0.15) is 20.8 Å². The summed E-state index contributed by atoms with van der Waals surface area (Å²) < 4.78 is 1.29. The van der Waals surface area contributed by atoms with Gasteiger partial charge in [-0.05, 0) is 6.08 Å². The van der Waals surface area contributed by atoms with Crippen molar-refractivity contribution < 1.29 is 0 Å². The molecule has 0 unspecified atom stereocenters. The van der Waals surface area contributed by atoms with Gasteiger partial charge in [-0.2, -0.15) is 9.63 Å². The number of hydrogen-bond donors (Lipinski definition) is 1. The number of hydrazine groups is 1. The maximum atomic E-state index is 5.56. The zero-order valence-electron chi connectivity index (χ0n) is 6.93. The lowest BCUT2D eigenvalue weighted by Crippen LogP contribution is -2.30. The minimum atomic E-state index is 0.0711. The fourth-order valence-corrected chi connectivity index (χ4v) is 0.820. The summed E-state index contributed by atoms with van der Waals surface area (Å²) in [6.07, 6.45) is 3.62. The number of nitrogens with one attached hydrogen (secondary N) is 1. The first kappa shape index (κ1) is 8.40.